The van der Waals surface area contributed by atoms with Crippen LogP contribution in [0, 0.1) is 5.92 Å². The average Bonchev–Trinajstić information content (AvgIpc) is 2.44. The van der Waals surface area contributed by atoms with Gasteiger partial charge >= 0.3 is 0 Å². The first-order chi connectivity index (χ1) is 9.26. The van der Waals surface area contributed by atoms with E-state index in [0.717, 1.165) is 25.7 Å². The molecule has 2 N–H and O–H groups in total. The molecule has 0 aromatic heterocycles. The molecule has 19 heavy (non-hydrogen) atoms. The number of guanidine groups is 1. The molecule has 0 saturated heterocycles. The highest BCUT2D eigenvalue weighted by molar-refractivity contribution is 5.79. The minimum absolute atomic E-state index is 0.444. The van der Waals surface area contributed by atoms with E-state index in [4.69, 9.17) is 4.74 Å². The van der Waals surface area contributed by atoms with Crippen LogP contribution >= 0.6 is 0 Å². The molecule has 0 heterocycles. The molecule has 0 fully saturated rings. The number of nitrogens with one attached hydrogen (secondary N) is 2. The lowest BCUT2D eigenvalue weighted by Gasteiger charge is -2.15. The number of nitrogens with zero attached hydrogens (tertiary/aromatic N) is 1. The largest absolute Gasteiger partial charge is 0.376 e. The lowest BCUT2D eigenvalue weighted by Crippen LogP contribution is -2.39. The minimum Gasteiger partial charge on any atom is -0.376 e. The van der Waals surface area contributed by atoms with Gasteiger partial charge in [0.1, 0.15) is 0 Å². The smallest absolute Gasteiger partial charge is 0.190 e. The fraction of sp³-hybridized carbons (Fsp3) is 0.533. The van der Waals surface area contributed by atoms with Crippen LogP contribution in [-0.2, 0) is 11.3 Å². The Kier molecular flexibility index (Phi) is 7.66. The van der Waals surface area contributed by atoms with Gasteiger partial charge < -0.3 is 15.4 Å². The summed E-state index contributed by atoms with van der Waals surface area (Å²) in [6.07, 6.45) is 0. The van der Waals surface area contributed by atoms with Gasteiger partial charge in [-0.3, -0.25) is 4.99 Å². The number of aliphatic imine (C=N–C) groups is 1. The monoisotopic (exact) mass is 263 g/mol. The van der Waals surface area contributed by atoms with E-state index in [1.807, 2.05) is 18.2 Å². The molecule has 0 aliphatic heterocycles. The second kappa shape index (κ2) is 9.39. The zero-order chi connectivity index (χ0) is 13.9. The maximum atomic E-state index is 5.71. The van der Waals surface area contributed by atoms with Gasteiger partial charge in [0.25, 0.3) is 0 Å². The Morgan fingerprint density at radius 3 is 2.63 bits per heavy atom. The summed E-state index contributed by atoms with van der Waals surface area (Å²) in [5.74, 6) is 1.29. The molecule has 4 heteroatoms. The molecule has 0 spiro atoms. The molecule has 0 radical (unpaired) electrons. The molecule has 4 nitrogen and oxygen atoms in total. The van der Waals surface area contributed by atoms with Gasteiger partial charge in [0.05, 0.1) is 13.2 Å². The minimum atomic E-state index is 0.444. The van der Waals surface area contributed by atoms with E-state index >= 15 is 0 Å². The number of rotatable bonds is 7. The Balaban J connectivity index is 2.16. The fourth-order valence-electron chi connectivity index (χ4n) is 1.67. The van der Waals surface area contributed by atoms with Crippen LogP contribution in [0.4, 0.5) is 0 Å². The molecule has 0 aliphatic carbocycles. The van der Waals surface area contributed by atoms with Crippen molar-refractivity contribution in [3.63, 3.8) is 0 Å². The van der Waals surface area contributed by atoms with Crippen molar-refractivity contribution < 1.29 is 4.74 Å². The molecule has 0 bridgehead atoms. The van der Waals surface area contributed by atoms with E-state index in [1.54, 1.807) is 7.05 Å². The van der Waals surface area contributed by atoms with Gasteiger partial charge in [0.15, 0.2) is 5.96 Å². The second-order valence-corrected chi connectivity index (χ2v) is 4.59. The highest BCUT2D eigenvalue weighted by Gasteiger charge is 2.04. The molecule has 0 aliphatic rings. The van der Waals surface area contributed by atoms with Gasteiger partial charge in [0.2, 0.25) is 0 Å². The molecule has 0 amide bonds. The first-order valence-electron chi connectivity index (χ1n) is 6.82. The third-order valence-corrected chi connectivity index (χ3v) is 2.70. The summed E-state index contributed by atoms with van der Waals surface area (Å²) < 4.78 is 5.71. The zero-order valence-electron chi connectivity index (χ0n) is 12.1. The summed E-state index contributed by atoms with van der Waals surface area (Å²) in [5.41, 5.74) is 1.21. The predicted octanol–water partition coefficient (Wildman–Crippen LogP) is 2.02. The number of hydrogen-bond donors (Lipinski definition) is 2. The topological polar surface area (TPSA) is 45.7 Å². The predicted molar refractivity (Wildman–Crippen MR) is 80.3 cm³/mol. The Morgan fingerprint density at radius 2 is 2.00 bits per heavy atom. The van der Waals surface area contributed by atoms with Crippen molar-refractivity contribution in [2.75, 3.05) is 26.7 Å². The van der Waals surface area contributed by atoms with Crippen LogP contribution in [0.3, 0.4) is 0 Å². The molecular formula is C15H25N3O. The molecule has 1 atom stereocenters. The van der Waals surface area contributed by atoms with Gasteiger partial charge in [-0.05, 0) is 18.4 Å². The molecule has 1 unspecified atom stereocenters. The van der Waals surface area contributed by atoms with E-state index < -0.39 is 0 Å². The summed E-state index contributed by atoms with van der Waals surface area (Å²) in [6, 6.07) is 10.2. The Bertz CT molecular complexity index is 365. The standard InChI is InChI=1S/C15H25N3O/c1-4-17-15(16-3)18-10-13(2)11-19-12-14-8-6-5-7-9-14/h5-9,13H,4,10-12H2,1-3H3,(H2,16,17,18). The number of hydrogen-bond acceptors (Lipinski definition) is 2. The van der Waals surface area contributed by atoms with Crippen LogP contribution in [0.1, 0.15) is 19.4 Å². The van der Waals surface area contributed by atoms with Crippen LogP contribution in [0.15, 0.2) is 35.3 Å². The average molecular weight is 263 g/mol. The van der Waals surface area contributed by atoms with E-state index in [2.05, 4.69) is 41.6 Å². The highest BCUT2D eigenvalue weighted by Crippen LogP contribution is 2.02. The third-order valence-electron chi connectivity index (χ3n) is 2.70. The Labute approximate surface area is 116 Å². The van der Waals surface area contributed by atoms with Crippen molar-refractivity contribution >= 4 is 5.96 Å². The third kappa shape index (κ3) is 6.82. The van der Waals surface area contributed by atoms with E-state index in [1.165, 1.54) is 5.56 Å². The van der Waals surface area contributed by atoms with Crippen molar-refractivity contribution in [1.29, 1.82) is 0 Å². The molecule has 1 aromatic rings. The van der Waals surface area contributed by atoms with Crippen molar-refractivity contribution in [3.8, 4) is 0 Å². The van der Waals surface area contributed by atoms with Crippen molar-refractivity contribution in [3.05, 3.63) is 35.9 Å². The lowest BCUT2D eigenvalue weighted by atomic mass is 10.2. The van der Waals surface area contributed by atoms with Gasteiger partial charge in [-0.15, -0.1) is 0 Å². The first kappa shape index (κ1) is 15.5. The zero-order valence-corrected chi connectivity index (χ0v) is 12.1. The second-order valence-electron chi connectivity index (χ2n) is 4.59. The first-order valence-corrected chi connectivity index (χ1v) is 6.82. The molecule has 1 rings (SSSR count). The maximum Gasteiger partial charge on any atom is 0.190 e. The Hall–Kier alpha value is -1.55. The summed E-state index contributed by atoms with van der Waals surface area (Å²) in [5, 5.41) is 6.45. The van der Waals surface area contributed by atoms with Crippen LogP contribution in [0.2, 0.25) is 0 Å². The number of ether oxygens (including phenoxy) is 1. The number of benzene rings is 1. The van der Waals surface area contributed by atoms with E-state index in [9.17, 15) is 0 Å². The molecule has 106 valence electrons. The quantitative estimate of drug-likeness (QED) is 0.584. The summed E-state index contributed by atoms with van der Waals surface area (Å²) in [7, 11) is 1.78. The SMILES string of the molecule is CCNC(=NC)NCC(C)COCc1ccccc1. The highest BCUT2D eigenvalue weighted by atomic mass is 16.5. The fourth-order valence-corrected chi connectivity index (χ4v) is 1.67. The van der Waals surface area contributed by atoms with Gasteiger partial charge in [-0.25, -0.2) is 0 Å². The van der Waals surface area contributed by atoms with Gasteiger partial charge in [0, 0.05) is 20.1 Å². The molecule has 1 aromatic carbocycles. The summed E-state index contributed by atoms with van der Waals surface area (Å²) in [6.45, 7) is 7.36. The van der Waals surface area contributed by atoms with E-state index in [0.29, 0.717) is 12.5 Å². The van der Waals surface area contributed by atoms with Crippen LogP contribution in [-0.4, -0.2) is 32.7 Å². The van der Waals surface area contributed by atoms with E-state index in [-0.39, 0.29) is 0 Å². The van der Waals surface area contributed by atoms with Crippen molar-refractivity contribution in [1.82, 2.24) is 10.6 Å². The van der Waals surface area contributed by atoms with Crippen LogP contribution in [0.25, 0.3) is 0 Å². The van der Waals surface area contributed by atoms with Gasteiger partial charge in [-0.1, -0.05) is 37.3 Å². The summed E-state index contributed by atoms with van der Waals surface area (Å²) in [4.78, 5) is 4.13. The normalized spacial score (nSPS) is 13.1. The lowest BCUT2D eigenvalue weighted by molar-refractivity contribution is 0.0931. The molecule has 0 saturated carbocycles. The molecular weight excluding hydrogens is 238 g/mol. The van der Waals surface area contributed by atoms with Gasteiger partial charge in [-0.2, -0.15) is 0 Å². The summed E-state index contributed by atoms with van der Waals surface area (Å²) >= 11 is 0. The van der Waals surface area contributed by atoms with Crippen molar-refractivity contribution in [2.45, 2.75) is 20.5 Å². The van der Waals surface area contributed by atoms with Crippen molar-refractivity contribution in [2.24, 2.45) is 10.9 Å². The Morgan fingerprint density at radius 1 is 1.26 bits per heavy atom. The van der Waals surface area contributed by atoms with Crippen LogP contribution in [0.5, 0.6) is 0 Å². The van der Waals surface area contributed by atoms with Crippen LogP contribution < -0.4 is 10.6 Å². The maximum absolute atomic E-state index is 5.71.